The minimum Gasteiger partial charge on any atom is -0.327 e. The van der Waals surface area contributed by atoms with E-state index in [1.807, 2.05) is 0 Å². The van der Waals surface area contributed by atoms with Crippen LogP contribution in [0.2, 0.25) is 0 Å². The lowest BCUT2D eigenvalue weighted by Crippen LogP contribution is -2.20. The van der Waals surface area contributed by atoms with Crippen LogP contribution in [0.3, 0.4) is 0 Å². The maximum absolute atomic E-state index is 12.4. The number of nitrogens with two attached hydrogens (primary N) is 1. The van der Waals surface area contributed by atoms with Crippen LogP contribution in [0.1, 0.15) is 12.8 Å². The summed E-state index contributed by atoms with van der Waals surface area (Å²) in [6.45, 7) is 0. The molecule has 0 bridgehead atoms. The highest BCUT2D eigenvalue weighted by Gasteiger charge is 2.57. The van der Waals surface area contributed by atoms with Gasteiger partial charge in [-0.1, -0.05) is 0 Å². The van der Waals surface area contributed by atoms with Gasteiger partial charge in [-0.25, -0.2) is 4.39 Å². The summed E-state index contributed by atoms with van der Waals surface area (Å²) in [7, 11) is 0. The van der Waals surface area contributed by atoms with Crippen LogP contribution in [0.5, 0.6) is 0 Å². The third kappa shape index (κ3) is 0.395. The van der Waals surface area contributed by atoms with E-state index >= 15 is 0 Å². The van der Waals surface area contributed by atoms with Crippen molar-refractivity contribution in [3.8, 4) is 0 Å². The van der Waals surface area contributed by atoms with Gasteiger partial charge in [-0.15, -0.1) is 0 Å². The highest BCUT2D eigenvalue weighted by atomic mass is 19.1. The Morgan fingerprint density at radius 3 is 2.38 bits per heavy atom. The first-order chi connectivity index (χ1) is 3.80. The van der Waals surface area contributed by atoms with E-state index in [1.54, 1.807) is 0 Å². The second-order valence-corrected chi connectivity index (χ2v) is 2.93. The molecule has 2 aliphatic carbocycles. The van der Waals surface area contributed by atoms with E-state index in [1.165, 1.54) is 0 Å². The molecule has 0 heterocycles. The monoisotopic (exact) mass is 115 g/mol. The fraction of sp³-hybridized carbons (Fsp3) is 1.00. The van der Waals surface area contributed by atoms with E-state index in [9.17, 15) is 4.39 Å². The summed E-state index contributed by atoms with van der Waals surface area (Å²) in [5.41, 5.74) is 5.57. The summed E-state index contributed by atoms with van der Waals surface area (Å²) in [6, 6.07) is 0.190. The topological polar surface area (TPSA) is 26.0 Å². The Morgan fingerprint density at radius 2 is 2.12 bits per heavy atom. The van der Waals surface area contributed by atoms with Crippen molar-refractivity contribution in [2.45, 2.75) is 25.1 Å². The molecular formula is C6H10FN. The van der Waals surface area contributed by atoms with Crippen LogP contribution in [-0.2, 0) is 0 Å². The maximum Gasteiger partial charge on any atom is 0.108 e. The lowest BCUT2D eigenvalue weighted by Gasteiger charge is -2.01. The summed E-state index contributed by atoms with van der Waals surface area (Å²) in [5.74, 6) is 0.625. The molecule has 2 fully saturated rings. The van der Waals surface area contributed by atoms with Crippen molar-refractivity contribution in [3.05, 3.63) is 0 Å². The second-order valence-electron chi connectivity index (χ2n) is 2.93. The molecule has 2 saturated carbocycles. The molecule has 4 atom stereocenters. The van der Waals surface area contributed by atoms with E-state index in [2.05, 4.69) is 0 Å². The molecule has 0 saturated heterocycles. The third-order valence-electron chi connectivity index (χ3n) is 2.46. The average molecular weight is 115 g/mol. The van der Waals surface area contributed by atoms with Crippen LogP contribution in [0.25, 0.3) is 0 Å². The van der Waals surface area contributed by atoms with Gasteiger partial charge in [-0.2, -0.15) is 0 Å². The Bertz CT molecular complexity index is 113. The highest BCUT2D eigenvalue weighted by Crippen LogP contribution is 2.53. The zero-order valence-electron chi connectivity index (χ0n) is 4.68. The zero-order chi connectivity index (χ0) is 5.72. The zero-order valence-corrected chi connectivity index (χ0v) is 4.68. The molecule has 0 aromatic carbocycles. The molecule has 0 aromatic heterocycles. The smallest absolute Gasteiger partial charge is 0.108 e. The van der Waals surface area contributed by atoms with Gasteiger partial charge in [0.25, 0.3) is 0 Å². The van der Waals surface area contributed by atoms with Gasteiger partial charge in [0.05, 0.1) is 0 Å². The van der Waals surface area contributed by atoms with E-state index in [0.29, 0.717) is 5.92 Å². The third-order valence-corrected chi connectivity index (χ3v) is 2.46. The molecule has 2 aliphatic rings. The standard InChI is InChI=1S/C6H10FN/c7-6-3-1-2-4(8)5(3)6/h3-6H,1-2,8H2/t3-,4+,5-,6-/m1/s1. The fourth-order valence-corrected chi connectivity index (χ4v) is 1.84. The Morgan fingerprint density at radius 1 is 1.38 bits per heavy atom. The van der Waals surface area contributed by atoms with Crippen molar-refractivity contribution in [1.82, 2.24) is 0 Å². The van der Waals surface area contributed by atoms with E-state index in [0.717, 1.165) is 12.8 Å². The summed E-state index contributed by atoms with van der Waals surface area (Å²) < 4.78 is 12.4. The molecule has 2 heteroatoms. The van der Waals surface area contributed by atoms with Crippen LogP contribution in [0, 0.1) is 11.8 Å². The first-order valence-electron chi connectivity index (χ1n) is 3.20. The predicted octanol–water partition coefficient (Wildman–Crippen LogP) is 0.692. The second kappa shape index (κ2) is 1.24. The minimum absolute atomic E-state index is 0.190. The van der Waals surface area contributed by atoms with Gasteiger partial charge >= 0.3 is 0 Å². The largest absolute Gasteiger partial charge is 0.327 e. The molecule has 1 nitrogen and oxygen atoms in total. The molecule has 8 heavy (non-hydrogen) atoms. The number of halogens is 1. The van der Waals surface area contributed by atoms with Crippen molar-refractivity contribution in [2.75, 3.05) is 0 Å². The molecule has 0 unspecified atom stereocenters. The summed E-state index contributed by atoms with van der Waals surface area (Å²) in [5, 5.41) is 0. The predicted molar refractivity (Wildman–Crippen MR) is 29.1 cm³/mol. The highest BCUT2D eigenvalue weighted by molar-refractivity contribution is 5.08. The van der Waals surface area contributed by atoms with E-state index in [-0.39, 0.29) is 12.0 Å². The van der Waals surface area contributed by atoms with Crippen molar-refractivity contribution < 1.29 is 4.39 Å². The molecule has 0 aliphatic heterocycles. The molecule has 0 aromatic rings. The SMILES string of the molecule is N[C@H]1CC[C@H]2[C@@H](F)[C@H]21. The summed E-state index contributed by atoms with van der Waals surface area (Å²) in [6.07, 6.45) is 1.56. The lowest BCUT2D eigenvalue weighted by molar-refractivity contribution is 0.382. The van der Waals surface area contributed by atoms with Crippen LogP contribution >= 0.6 is 0 Å². The lowest BCUT2D eigenvalue weighted by atomic mass is 10.2. The van der Waals surface area contributed by atoms with Gasteiger partial charge in [0.2, 0.25) is 0 Å². The first-order valence-corrected chi connectivity index (χ1v) is 3.20. The Labute approximate surface area is 48.1 Å². The minimum atomic E-state index is -0.529. The molecule has 0 radical (unpaired) electrons. The van der Waals surface area contributed by atoms with Crippen LogP contribution in [0.15, 0.2) is 0 Å². The quantitative estimate of drug-likeness (QED) is 0.494. The van der Waals surface area contributed by atoms with Gasteiger partial charge < -0.3 is 5.73 Å². The van der Waals surface area contributed by atoms with Crippen molar-refractivity contribution in [2.24, 2.45) is 17.6 Å². The van der Waals surface area contributed by atoms with Crippen LogP contribution in [-0.4, -0.2) is 12.2 Å². The summed E-state index contributed by atoms with van der Waals surface area (Å²) in [4.78, 5) is 0. The number of fused-ring (bicyclic) bond motifs is 1. The average Bonchev–Trinajstić information content (AvgIpc) is 2.13. The van der Waals surface area contributed by atoms with Crippen molar-refractivity contribution in [1.29, 1.82) is 0 Å². The maximum atomic E-state index is 12.4. The van der Waals surface area contributed by atoms with Crippen LogP contribution < -0.4 is 5.73 Å². The molecular weight excluding hydrogens is 105 g/mol. The number of rotatable bonds is 0. The normalized spacial score (nSPS) is 60.8. The first kappa shape index (κ1) is 4.74. The number of hydrogen-bond acceptors (Lipinski definition) is 1. The van der Waals surface area contributed by atoms with Gasteiger partial charge in [-0.05, 0) is 18.8 Å². The fourth-order valence-electron chi connectivity index (χ4n) is 1.84. The van der Waals surface area contributed by atoms with Crippen molar-refractivity contribution in [3.63, 3.8) is 0 Å². The number of hydrogen-bond donors (Lipinski definition) is 1. The Kier molecular flexibility index (Phi) is 0.734. The van der Waals surface area contributed by atoms with E-state index < -0.39 is 6.17 Å². The summed E-state index contributed by atoms with van der Waals surface area (Å²) >= 11 is 0. The Balaban J connectivity index is 2.07. The van der Waals surface area contributed by atoms with Gasteiger partial charge in [-0.3, -0.25) is 0 Å². The van der Waals surface area contributed by atoms with Crippen molar-refractivity contribution >= 4 is 0 Å². The van der Waals surface area contributed by atoms with E-state index in [4.69, 9.17) is 5.73 Å². The van der Waals surface area contributed by atoms with Crippen LogP contribution in [0.4, 0.5) is 4.39 Å². The van der Waals surface area contributed by atoms with Gasteiger partial charge in [0.1, 0.15) is 6.17 Å². The molecule has 0 spiro atoms. The molecule has 2 N–H and O–H groups in total. The molecule has 2 rings (SSSR count). The van der Waals surface area contributed by atoms with Gasteiger partial charge in [0, 0.05) is 12.0 Å². The Hall–Kier alpha value is -0.110. The number of alkyl halides is 1. The molecule has 46 valence electrons. The molecule has 0 amide bonds. The van der Waals surface area contributed by atoms with Gasteiger partial charge in [0.15, 0.2) is 0 Å².